The summed E-state index contributed by atoms with van der Waals surface area (Å²) < 4.78 is 10.5. The van der Waals surface area contributed by atoms with Gasteiger partial charge in [-0.2, -0.15) is 0 Å². The molecule has 2 heterocycles. The van der Waals surface area contributed by atoms with Crippen molar-refractivity contribution in [2.75, 3.05) is 7.11 Å². The first-order valence-electron chi connectivity index (χ1n) is 15.6. The molecule has 0 saturated heterocycles. The molecular weight excluding hydrogens is 560 g/mol. The molecular formula is C43H30N2O. The third-order valence-electron chi connectivity index (χ3n) is 9.22. The fourth-order valence-corrected chi connectivity index (χ4v) is 7.06. The molecule has 0 unspecified atom stereocenters. The number of nitrogens with zero attached hydrogens (tertiary/aromatic N) is 2. The minimum absolute atomic E-state index is 0.838. The summed E-state index contributed by atoms with van der Waals surface area (Å²) in [6, 6.07) is 58.7. The Hall–Kier alpha value is -6.06. The Morgan fingerprint density at radius 1 is 0.348 bits per heavy atom. The van der Waals surface area contributed by atoms with Gasteiger partial charge < -0.3 is 13.9 Å². The summed E-state index contributed by atoms with van der Waals surface area (Å²) in [5, 5.41) is 5.07. The Morgan fingerprint density at radius 3 is 1.00 bits per heavy atom. The monoisotopic (exact) mass is 590 g/mol. The van der Waals surface area contributed by atoms with Crippen LogP contribution in [0.15, 0.2) is 164 Å². The molecule has 9 rings (SSSR count). The normalized spacial score (nSPS) is 11.6. The van der Waals surface area contributed by atoms with Crippen molar-refractivity contribution >= 4 is 43.6 Å². The van der Waals surface area contributed by atoms with Crippen molar-refractivity contribution < 1.29 is 4.74 Å². The third kappa shape index (κ3) is 4.13. The van der Waals surface area contributed by atoms with Gasteiger partial charge in [-0.25, -0.2) is 0 Å². The number of ether oxygens (including phenoxy) is 1. The van der Waals surface area contributed by atoms with E-state index >= 15 is 0 Å². The molecule has 0 aliphatic rings. The predicted molar refractivity (Wildman–Crippen MR) is 193 cm³/mol. The molecule has 0 saturated carbocycles. The van der Waals surface area contributed by atoms with Crippen LogP contribution >= 0.6 is 0 Å². The van der Waals surface area contributed by atoms with Crippen molar-refractivity contribution in [1.82, 2.24) is 9.13 Å². The molecule has 0 amide bonds. The van der Waals surface area contributed by atoms with E-state index in [4.69, 9.17) is 4.74 Å². The van der Waals surface area contributed by atoms with E-state index in [1.165, 1.54) is 43.6 Å². The van der Waals surface area contributed by atoms with Crippen LogP contribution < -0.4 is 4.74 Å². The van der Waals surface area contributed by atoms with Crippen LogP contribution in [0.2, 0.25) is 0 Å². The second-order valence-corrected chi connectivity index (χ2v) is 11.8. The highest BCUT2D eigenvalue weighted by Gasteiger charge is 2.14. The van der Waals surface area contributed by atoms with Crippen LogP contribution in [0.4, 0.5) is 0 Å². The summed E-state index contributed by atoms with van der Waals surface area (Å²) in [5.74, 6) is 0.838. The van der Waals surface area contributed by atoms with Gasteiger partial charge in [0.2, 0.25) is 0 Å². The topological polar surface area (TPSA) is 19.1 Å². The summed E-state index contributed by atoms with van der Waals surface area (Å²) in [5.41, 5.74) is 11.7. The summed E-state index contributed by atoms with van der Waals surface area (Å²) in [6.45, 7) is 0. The second-order valence-electron chi connectivity index (χ2n) is 11.8. The zero-order chi connectivity index (χ0) is 30.6. The van der Waals surface area contributed by atoms with Crippen molar-refractivity contribution in [3.8, 4) is 39.4 Å². The maximum absolute atomic E-state index is 5.79. The molecule has 0 N–H and O–H groups in total. The van der Waals surface area contributed by atoms with Gasteiger partial charge in [-0.15, -0.1) is 0 Å². The quantitative estimate of drug-likeness (QED) is 0.195. The van der Waals surface area contributed by atoms with Gasteiger partial charge in [0.1, 0.15) is 5.75 Å². The minimum Gasteiger partial charge on any atom is -0.497 e. The Labute approximate surface area is 267 Å². The van der Waals surface area contributed by atoms with E-state index in [2.05, 4.69) is 173 Å². The van der Waals surface area contributed by atoms with E-state index in [-0.39, 0.29) is 0 Å². The van der Waals surface area contributed by atoms with Crippen LogP contribution in [0.1, 0.15) is 0 Å². The Morgan fingerprint density at radius 2 is 0.674 bits per heavy atom. The Bertz CT molecular complexity index is 2270. The van der Waals surface area contributed by atoms with E-state index in [0.717, 1.165) is 39.4 Å². The average Bonchev–Trinajstić information content (AvgIpc) is 3.65. The molecule has 46 heavy (non-hydrogen) atoms. The summed E-state index contributed by atoms with van der Waals surface area (Å²) in [4.78, 5) is 0. The Kier molecular flexibility index (Phi) is 6.04. The van der Waals surface area contributed by atoms with Gasteiger partial charge in [0.25, 0.3) is 0 Å². The van der Waals surface area contributed by atoms with Gasteiger partial charge in [0.15, 0.2) is 0 Å². The largest absolute Gasteiger partial charge is 0.497 e. The lowest BCUT2D eigenvalue weighted by molar-refractivity contribution is 0.415. The zero-order valence-electron chi connectivity index (χ0n) is 25.4. The summed E-state index contributed by atoms with van der Waals surface area (Å²) >= 11 is 0. The number of para-hydroxylation sites is 4. The maximum atomic E-state index is 5.79. The number of methoxy groups -OCH3 is 1. The van der Waals surface area contributed by atoms with E-state index in [9.17, 15) is 0 Å². The van der Waals surface area contributed by atoms with Crippen LogP contribution in [0.5, 0.6) is 5.75 Å². The minimum atomic E-state index is 0.838. The van der Waals surface area contributed by atoms with Crippen LogP contribution in [0, 0.1) is 0 Å². The van der Waals surface area contributed by atoms with E-state index in [0.29, 0.717) is 0 Å². The van der Waals surface area contributed by atoms with Gasteiger partial charge in [-0.1, -0.05) is 97.1 Å². The summed E-state index contributed by atoms with van der Waals surface area (Å²) in [6.07, 6.45) is 0. The van der Waals surface area contributed by atoms with E-state index in [1.54, 1.807) is 7.11 Å². The number of fused-ring (bicyclic) bond motifs is 6. The van der Waals surface area contributed by atoms with E-state index < -0.39 is 0 Å². The molecule has 2 aromatic heterocycles. The lowest BCUT2D eigenvalue weighted by Crippen LogP contribution is -1.94. The van der Waals surface area contributed by atoms with Crippen molar-refractivity contribution in [1.29, 1.82) is 0 Å². The smallest absolute Gasteiger partial charge is 0.120 e. The van der Waals surface area contributed by atoms with E-state index in [1.807, 2.05) is 0 Å². The molecule has 0 spiro atoms. The third-order valence-corrected chi connectivity index (χ3v) is 9.22. The molecule has 0 bridgehead atoms. The van der Waals surface area contributed by atoms with Crippen LogP contribution in [-0.2, 0) is 0 Å². The van der Waals surface area contributed by atoms with Crippen LogP contribution in [-0.4, -0.2) is 16.2 Å². The molecule has 218 valence electrons. The van der Waals surface area contributed by atoms with Gasteiger partial charge >= 0.3 is 0 Å². The molecule has 0 atom stereocenters. The van der Waals surface area contributed by atoms with Gasteiger partial charge in [-0.05, 0) is 89.0 Å². The van der Waals surface area contributed by atoms with Crippen molar-refractivity contribution in [3.63, 3.8) is 0 Å². The highest BCUT2D eigenvalue weighted by atomic mass is 16.5. The molecule has 0 aliphatic heterocycles. The fourth-order valence-electron chi connectivity index (χ4n) is 7.06. The lowest BCUT2D eigenvalue weighted by atomic mass is 9.98. The highest BCUT2D eigenvalue weighted by molar-refractivity contribution is 6.10. The lowest BCUT2D eigenvalue weighted by Gasteiger charge is -2.13. The predicted octanol–water partition coefficient (Wildman–Crippen LogP) is 11.2. The second kappa shape index (κ2) is 10.5. The molecule has 9 aromatic rings. The zero-order valence-corrected chi connectivity index (χ0v) is 25.4. The maximum Gasteiger partial charge on any atom is 0.120 e. The number of hydrogen-bond acceptors (Lipinski definition) is 1. The van der Waals surface area contributed by atoms with Crippen molar-refractivity contribution in [2.24, 2.45) is 0 Å². The SMILES string of the molecule is COc1cc(-c2ccc(-n3c4ccccc4c4ccccc43)cc2)cc(-c2ccc(-n3c4ccccc4c4ccccc43)cc2)c1. The number of aromatic nitrogens is 2. The highest BCUT2D eigenvalue weighted by Crippen LogP contribution is 2.36. The molecule has 0 radical (unpaired) electrons. The van der Waals surface area contributed by atoms with Gasteiger partial charge in [0, 0.05) is 32.9 Å². The molecule has 3 heteroatoms. The van der Waals surface area contributed by atoms with Gasteiger partial charge in [-0.3, -0.25) is 0 Å². The summed E-state index contributed by atoms with van der Waals surface area (Å²) in [7, 11) is 1.74. The molecule has 0 fully saturated rings. The van der Waals surface area contributed by atoms with Crippen LogP contribution in [0.25, 0.3) is 77.2 Å². The molecule has 0 aliphatic carbocycles. The van der Waals surface area contributed by atoms with Crippen molar-refractivity contribution in [3.05, 3.63) is 164 Å². The van der Waals surface area contributed by atoms with Crippen molar-refractivity contribution in [2.45, 2.75) is 0 Å². The Balaban J connectivity index is 1.09. The van der Waals surface area contributed by atoms with Gasteiger partial charge in [0.05, 0.1) is 29.2 Å². The van der Waals surface area contributed by atoms with Crippen LogP contribution in [0.3, 0.4) is 0 Å². The molecule has 3 nitrogen and oxygen atoms in total. The average molecular weight is 591 g/mol. The standard InChI is InChI=1S/C43H30N2O/c1-46-35-27-31(29-18-22-33(23-19-29)44-40-14-6-2-10-36(40)37-11-3-7-15-41(37)44)26-32(28-35)30-20-24-34(25-21-30)45-42-16-8-4-12-38(42)39-13-5-9-17-43(39)45/h2-28H,1H3. The fraction of sp³-hybridized carbons (Fsp3) is 0.0233. The number of hydrogen-bond donors (Lipinski definition) is 0. The number of benzene rings is 7. The first-order valence-corrected chi connectivity index (χ1v) is 15.6. The molecule has 7 aromatic carbocycles. The number of rotatable bonds is 5. The first-order chi connectivity index (χ1) is 22.8. The first kappa shape index (κ1) is 26.4.